The molecule has 0 radical (unpaired) electrons. The number of nitrogens with zero attached hydrogens (tertiary/aromatic N) is 1. The van der Waals surface area contributed by atoms with E-state index in [1.54, 1.807) is 4.57 Å². The van der Waals surface area contributed by atoms with E-state index in [9.17, 15) is 9.59 Å². The van der Waals surface area contributed by atoms with Crippen LogP contribution in [0.4, 0.5) is 0 Å². The second kappa shape index (κ2) is 13.6. The van der Waals surface area contributed by atoms with E-state index in [1.165, 1.54) is 109 Å². The average Bonchev–Trinajstić information content (AvgIpc) is 3.34. The zero-order valence-electron chi connectivity index (χ0n) is 27.9. The molecule has 3 heteroatoms. The van der Waals surface area contributed by atoms with E-state index in [0.29, 0.717) is 10.8 Å². The number of benzene rings is 6. The van der Waals surface area contributed by atoms with Crippen LogP contribution < -0.4 is 11.1 Å². The summed E-state index contributed by atoms with van der Waals surface area (Å²) in [5.74, 6) is 0. The Morgan fingerprint density at radius 3 is 1.28 bits per heavy atom. The number of hydrogen-bond acceptors (Lipinski definition) is 2. The van der Waals surface area contributed by atoms with Gasteiger partial charge >= 0.3 is 0 Å². The fourth-order valence-corrected chi connectivity index (χ4v) is 8.60. The van der Waals surface area contributed by atoms with Gasteiger partial charge in [-0.25, -0.2) is 0 Å². The first kappa shape index (κ1) is 30.9. The normalized spacial score (nSPS) is 12.6. The molecule has 0 aliphatic carbocycles. The van der Waals surface area contributed by atoms with Gasteiger partial charge in [0.15, 0.2) is 0 Å². The maximum absolute atomic E-state index is 14.6. The molecule has 7 rings (SSSR count). The van der Waals surface area contributed by atoms with Crippen LogP contribution in [0.3, 0.4) is 0 Å². The van der Waals surface area contributed by atoms with Crippen LogP contribution in [-0.2, 0) is 0 Å². The van der Waals surface area contributed by atoms with E-state index in [1.807, 2.05) is 0 Å². The molecule has 0 spiro atoms. The van der Waals surface area contributed by atoms with Crippen LogP contribution in [0.2, 0.25) is 0 Å². The molecular formula is C43H49NO2. The minimum Gasteiger partial charge on any atom is -0.271 e. The molecule has 0 saturated heterocycles. The molecule has 1 aromatic heterocycles. The predicted octanol–water partition coefficient (Wildman–Crippen LogP) is 12.3. The average molecular weight is 612 g/mol. The Hall–Kier alpha value is -3.72. The van der Waals surface area contributed by atoms with Crippen molar-refractivity contribution < 1.29 is 0 Å². The Balaban J connectivity index is 1.34. The van der Waals surface area contributed by atoms with Gasteiger partial charge in [-0.05, 0) is 66.7 Å². The van der Waals surface area contributed by atoms with Crippen LogP contribution in [0.25, 0.3) is 64.6 Å². The minimum absolute atomic E-state index is 0.0408. The number of aromatic nitrogens is 1. The maximum atomic E-state index is 14.6. The molecule has 0 fully saturated rings. The van der Waals surface area contributed by atoms with E-state index >= 15 is 0 Å². The van der Waals surface area contributed by atoms with E-state index in [0.717, 1.165) is 47.2 Å². The molecule has 0 amide bonds. The van der Waals surface area contributed by atoms with Gasteiger partial charge in [0.25, 0.3) is 11.1 Å². The van der Waals surface area contributed by atoms with Crippen molar-refractivity contribution >= 4 is 64.6 Å². The van der Waals surface area contributed by atoms with E-state index in [2.05, 4.69) is 74.5 Å². The second-order valence-corrected chi connectivity index (χ2v) is 14.0. The summed E-state index contributed by atoms with van der Waals surface area (Å²) in [5.41, 5.74) is -0.151. The lowest BCUT2D eigenvalue weighted by Gasteiger charge is -2.18. The molecule has 0 aliphatic heterocycles. The quantitative estimate of drug-likeness (QED) is 0.0584. The molecule has 0 N–H and O–H groups in total. The highest BCUT2D eigenvalue weighted by molar-refractivity contribution is 6.44. The molecular weight excluding hydrogens is 562 g/mol. The van der Waals surface area contributed by atoms with Crippen molar-refractivity contribution in [1.82, 2.24) is 4.57 Å². The van der Waals surface area contributed by atoms with Crippen molar-refractivity contribution in [3.05, 3.63) is 81.4 Å². The Kier molecular flexibility index (Phi) is 9.11. The fourth-order valence-electron chi connectivity index (χ4n) is 8.60. The molecule has 7 aromatic rings. The van der Waals surface area contributed by atoms with Crippen LogP contribution in [0.5, 0.6) is 0 Å². The third-order valence-corrected chi connectivity index (χ3v) is 10.9. The van der Waals surface area contributed by atoms with Gasteiger partial charge in [0.1, 0.15) is 0 Å². The van der Waals surface area contributed by atoms with Gasteiger partial charge in [-0.3, -0.25) is 14.2 Å². The summed E-state index contributed by atoms with van der Waals surface area (Å²) in [6, 6.07) is 21.5. The van der Waals surface area contributed by atoms with Crippen molar-refractivity contribution in [3.63, 3.8) is 0 Å². The summed E-state index contributed by atoms with van der Waals surface area (Å²) in [4.78, 5) is 29.3. The number of fused-ring (bicyclic) bond motifs is 4. The number of hydrogen-bond donors (Lipinski definition) is 0. The van der Waals surface area contributed by atoms with Crippen molar-refractivity contribution in [2.45, 2.75) is 123 Å². The van der Waals surface area contributed by atoms with E-state index in [4.69, 9.17) is 0 Å². The Morgan fingerprint density at radius 2 is 0.848 bits per heavy atom. The first-order valence-corrected chi connectivity index (χ1v) is 18.4. The zero-order chi connectivity index (χ0) is 31.6. The van der Waals surface area contributed by atoms with Gasteiger partial charge in [-0.2, -0.15) is 0 Å². The molecule has 238 valence electrons. The molecule has 0 unspecified atom stereocenters. The lowest BCUT2D eigenvalue weighted by molar-refractivity contribution is 0.383. The highest BCUT2D eigenvalue weighted by Gasteiger charge is 2.27. The highest BCUT2D eigenvalue weighted by Crippen LogP contribution is 2.47. The SMILES string of the molecule is CCCCCCCCCC(CCCCCCCCC)n1c(=O)c2c3ccc4cccc5c6cccc7ccc(c2c1=O)c(c76)c3c45. The number of rotatable bonds is 17. The minimum atomic E-state index is -0.0754. The first-order chi connectivity index (χ1) is 22.7. The van der Waals surface area contributed by atoms with Gasteiger partial charge in [0.2, 0.25) is 0 Å². The van der Waals surface area contributed by atoms with Crippen LogP contribution in [0.15, 0.2) is 70.3 Å². The molecule has 3 nitrogen and oxygen atoms in total. The summed E-state index contributed by atoms with van der Waals surface area (Å²) in [5, 5.41) is 12.7. The van der Waals surface area contributed by atoms with Crippen LogP contribution in [0.1, 0.15) is 123 Å². The lowest BCUT2D eigenvalue weighted by atomic mass is 9.84. The topological polar surface area (TPSA) is 39.1 Å². The molecule has 0 bridgehead atoms. The number of unbranched alkanes of at least 4 members (excludes halogenated alkanes) is 12. The molecule has 6 aromatic carbocycles. The molecule has 46 heavy (non-hydrogen) atoms. The van der Waals surface area contributed by atoms with Gasteiger partial charge in [0, 0.05) is 6.04 Å². The molecule has 0 atom stereocenters. The Labute approximate surface area is 272 Å². The van der Waals surface area contributed by atoms with Gasteiger partial charge < -0.3 is 0 Å². The second-order valence-electron chi connectivity index (χ2n) is 14.0. The van der Waals surface area contributed by atoms with E-state index < -0.39 is 0 Å². The summed E-state index contributed by atoms with van der Waals surface area (Å²) in [6.07, 6.45) is 19.1. The van der Waals surface area contributed by atoms with Crippen molar-refractivity contribution in [2.24, 2.45) is 0 Å². The largest absolute Gasteiger partial charge is 0.271 e. The summed E-state index contributed by atoms with van der Waals surface area (Å²) in [6.45, 7) is 4.52. The standard InChI is InChI=1S/C43H49NO2/c1-3-5-7-9-11-13-15-21-31(22-16-14-12-10-8-6-4-2)44-42(45)40-34-27-25-29-19-17-23-32-33-24-18-20-30-26-28-35(41(40)43(44)46)39(37(30)33)38(34)36(29)32/h17-20,23-28,31H,3-16,21-22H2,1-2H3. The molecule has 0 aliphatic rings. The lowest BCUT2D eigenvalue weighted by Crippen LogP contribution is -2.30. The monoisotopic (exact) mass is 611 g/mol. The van der Waals surface area contributed by atoms with Crippen LogP contribution >= 0.6 is 0 Å². The Morgan fingerprint density at radius 1 is 0.435 bits per heavy atom. The molecule has 1 heterocycles. The van der Waals surface area contributed by atoms with Crippen LogP contribution in [-0.4, -0.2) is 4.57 Å². The Bertz CT molecular complexity index is 2040. The smallest absolute Gasteiger partial charge is 0.262 e. The van der Waals surface area contributed by atoms with Crippen molar-refractivity contribution in [3.8, 4) is 0 Å². The molecule has 0 saturated carbocycles. The summed E-state index contributed by atoms with van der Waals surface area (Å²) in [7, 11) is 0. The van der Waals surface area contributed by atoms with Gasteiger partial charge in [-0.15, -0.1) is 0 Å². The highest BCUT2D eigenvalue weighted by atomic mass is 16.2. The van der Waals surface area contributed by atoms with Crippen molar-refractivity contribution in [1.29, 1.82) is 0 Å². The van der Waals surface area contributed by atoms with E-state index in [-0.39, 0.29) is 17.2 Å². The maximum Gasteiger partial charge on any atom is 0.262 e. The third-order valence-electron chi connectivity index (χ3n) is 10.9. The van der Waals surface area contributed by atoms with Gasteiger partial charge in [-0.1, -0.05) is 164 Å². The predicted molar refractivity (Wildman–Crippen MR) is 200 cm³/mol. The summed E-state index contributed by atoms with van der Waals surface area (Å²) >= 11 is 0. The zero-order valence-corrected chi connectivity index (χ0v) is 27.9. The summed E-state index contributed by atoms with van der Waals surface area (Å²) < 4.78 is 1.71. The fraction of sp³-hybridized carbons (Fsp3) is 0.442. The first-order valence-electron chi connectivity index (χ1n) is 18.4. The third kappa shape index (κ3) is 5.30. The van der Waals surface area contributed by atoms with Crippen molar-refractivity contribution in [2.75, 3.05) is 0 Å². The van der Waals surface area contributed by atoms with Gasteiger partial charge in [0.05, 0.1) is 10.8 Å². The van der Waals surface area contributed by atoms with Crippen LogP contribution in [0, 0.1) is 0 Å².